The molecule has 2 aromatic carbocycles. The summed E-state index contributed by atoms with van der Waals surface area (Å²) in [5, 5.41) is 3.03. The molecule has 0 fully saturated rings. The molecule has 0 aromatic heterocycles. The molecule has 2 aromatic rings. The molecule has 15 heavy (non-hydrogen) atoms. The van der Waals surface area contributed by atoms with Crippen molar-refractivity contribution >= 4 is 24.0 Å². The molecule has 0 bridgehead atoms. The molecule has 0 atom stereocenters. The van der Waals surface area contributed by atoms with E-state index >= 15 is 0 Å². The van der Waals surface area contributed by atoms with Gasteiger partial charge >= 0.3 is 0 Å². The zero-order valence-electron chi connectivity index (χ0n) is 9.34. The predicted octanol–water partition coefficient (Wildman–Crippen LogP) is 3.52. The summed E-state index contributed by atoms with van der Waals surface area (Å²) in [6, 6.07) is 11.4. The van der Waals surface area contributed by atoms with E-state index in [1.54, 1.807) is 12.1 Å². The fourth-order valence-corrected chi connectivity index (χ4v) is 3.53. The van der Waals surface area contributed by atoms with Crippen molar-refractivity contribution in [2.45, 2.75) is 19.6 Å². The van der Waals surface area contributed by atoms with Crippen LogP contribution in [0.15, 0.2) is 36.4 Å². The van der Waals surface area contributed by atoms with Gasteiger partial charge in [0.15, 0.2) is 0 Å². The molecule has 0 spiro atoms. The van der Waals surface area contributed by atoms with Crippen LogP contribution in [-0.4, -0.2) is 8.07 Å². The van der Waals surface area contributed by atoms with Crippen LogP contribution < -0.4 is 5.19 Å². The van der Waals surface area contributed by atoms with Crippen LogP contribution in [0.1, 0.15) is 0 Å². The van der Waals surface area contributed by atoms with Gasteiger partial charge < -0.3 is 0 Å². The van der Waals surface area contributed by atoms with E-state index in [-0.39, 0.29) is 5.82 Å². The van der Waals surface area contributed by atoms with Gasteiger partial charge in [-0.15, -0.1) is 0 Å². The van der Waals surface area contributed by atoms with Crippen LogP contribution in [0.25, 0.3) is 10.8 Å². The highest BCUT2D eigenvalue weighted by Gasteiger charge is 2.20. The quantitative estimate of drug-likeness (QED) is 0.642. The first-order valence-corrected chi connectivity index (χ1v) is 8.68. The first-order chi connectivity index (χ1) is 7.00. The van der Waals surface area contributed by atoms with Gasteiger partial charge in [0, 0.05) is 5.39 Å². The van der Waals surface area contributed by atoms with Gasteiger partial charge in [-0.05, 0) is 16.6 Å². The zero-order chi connectivity index (χ0) is 11.1. The summed E-state index contributed by atoms with van der Waals surface area (Å²) in [5.74, 6) is -0.0921. The first-order valence-electron chi connectivity index (χ1n) is 5.18. The fourth-order valence-electron chi connectivity index (χ4n) is 1.92. The van der Waals surface area contributed by atoms with E-state index < -0.39 is 8.07 Å². The van der Waals surface area contributed by atoms with Gasteiger partial charge in [0.2, 0.25) is 0 Å². The van der Waals surface area contributed by atoms with E-state index in [0.29, 0.717) is 0 Å². The molecule has 0 nitrogen and oxygen atoms in total. The van der Waals surface area contributed by atoms with Crippen LogP contribution in [0.4, 0.5) is 4.39 Å². The lowest BCUT2D eigenvalue weighted by Gasteiger charge is -2.19. The molecule has 0 saturated heterocycles. The van der Waals surface area contributed by atoms with Gasteiger partial charge in [0.05, 0.1) is 8.07 Å². The van der Waals surface area contributed by atoms with Crippen molar-refractivity contribution in [3.05, 3.63) is 42.2 Å². The van der Waals surface area contributed by atoms with Gasteiger partial charge in [0.25, 0.3) is 0 Å². The van der Waals surface area contributed by atoms with Crippen LogP contribution in [0.5, 0.6) is 0 Å². The molecule has 0 heterocycles. The Labute approximate surface area is 90.8 Å². The molecule has 0 aliphatic rings. The van der Waals surface area contributed by atoms with Gasteiger partial charge in [0.1, 0.15) is 5.82 Å². The third-order valence-corrected chi connectivity index (χ3v) is 4.69. The van der Waals surface area contributed by atoms with E-state index in [1.165, 1.54) is 5.19 Å². The molecule has 0 saturated carbocycles. The number of rotatable bonds is 1. The number of hydrogen-bond donors (Lipinski definition) is 0. The van der Waals surface area contributed by atoms with E-state index in [1.807, 2.05) is 18.2 Å². The van der Waals surface area contributed by atoms with Crippen LogP contribution >= 0.6 is 0 Å². The zero-order valence-corrected chi connectivity index (χ0v) is 10.3. The predicted molar refractivity (Wildman–Crippen MR) is 66.9 cm³/mol. The summed E-state index contributed by atoms with van der Waals surface area (Å²) in [5.41, 5.74) is 0. The average molecular weight is 218 g/mol. The van der Waals surface area contributed by atoms with E-state index in [0.717, 1.165) is 10.8 Å². The lowest BCUT2D eigenvalue weighted by Crippen LogP contribution is -2.38. The highest BCUT2D eigenvalue weighted by atomic mass is 28.3. The Morgan fingerprint density at radius 2 is 1.53 bits per heavy atom. The number of fused-ring (bicyclic) bond motifs is 1. The van der Waals surface area contributed by atoms with Crippen molar-refractivity contribution in [1.82, 2.24) is 0 Å². The maximum atomic E-state index is 13.8. The maximum Gasteiger partial charge on any atom is 0.130 e. The van der Waals surface area contributed by atoms with Gasteiger partial charge in [-0.25, -0.2) is 4.39 Å². The third kappa shape index (κ3) is 1.82. The Kier molecular flexibility index (Phi) is 2.39. The van der Waals surface area contributed by atoms with Gasteiger partial charge in [-0.1, -0.05) is 50.0 Å². The second-order valence-corrected chi connectivity index (χ2v) is 9.93. The minimum Gasteiger partial charge on any atom is -0.206 e. The van der Waals surface area contributed by atoms with Gasteiger partial charge in [-0.3, -0.25) is 0 Å². The van der Waals surface area contributed by atoms with E-state index in [2.05, 4.69) is 25.7 Å². The van der Waals surface area contributed by atoms with Gasteiger partial charge in [-0.2, -0.15) is 0 Å². The van der Waals surface area contributed by atoms with Crippen LogP contribution in [0, 0.1) is 5.82 Å². The Morgan fingerprint density at radius 3 is 2.13 bits per heavy atom. The number of hydrogen-bond acceptors (Lipinski definition) is 0. The van der Waals surface area contributed by atoms with Crippen LogP contribution in [0.2, 0.25) is 19.6 Å². The lowest BCUT2D eigenvalue weighted by molar-refractivity contribution is 0.640. The topological polar surface area (TPSA) is 0 Å². The molecule has 0 unspecified atom stereocenters. The summed E-state index contributed by atoms with van der Waals surface area (Å²) in [7, 11) is -1.47. The molecule has 0 aliphatic heterocycles. The average Bonchev–Trinajstić information content (AvgIpc) is 2.16. The smallest absolute Gasteiger partial charge is 0.130 e. The SMILES string of the molecule is C[Si](C)(C)c1cccc2cccc(F)c12. The highest BCUT2D eigenvalue weighted by Crippen LogP contribution is 2.18. The molecule has 0 amide bonds. The molecular formula is C13H15FSi. The highest BCUT2D eigenvalue weighted by molar-refractivity contribution is 6.90. The standard InChI is InChI=1S/C13H15FSi/c1-15(2,3)12-9-5-7-10-6-4-8-11(14)13(10)12/h4-9H,1-3H3. The van der Waals surface area contributed by atoms with Crippen molar-refractivity contribution in [1.29, 1.82) is 0 Å². The summed E-state index contributed by atoms with van der Waals surface area (Å²) in [6.07, 6.45) is 0. The van der Waals surface area contributed by atoms with E-state index in [9.17, 15) is 4.39 Å². The second-order valence-electron chi connectivity index (χ2n) is 4.89. The normalized spacial score (nSPS) is 12.0. The van der Waals surface area contributed by atoms with Crippen LogP contribution in [0.3, 0.4) is 0 Å². The summed E-state index contributed by atoms with van der Waals surface area (Å²) in [4.78, 5) is 0. The molecule has 0 N–H and O–H groups in total. The minimum atomic E-state index is -1.47. The molecule has 0 radical (unpaired) electrons. The molecule has 2 heteroatoms. The Bertz CT molecular complexity index is 492. The molecule has 0 aliphatic carbocycles. The van der Waals surface area contributed by atoms with Crippen LogP contribution in [-0.2, 0) is 0 Å². The lowest BCUT2D eigenvalue weighted by atomic mass is 10.1. The third-order valence-electron chi connectivity index (χ3n) is 2.66. The van der Waals surface area contributed by atoms with Crippen molar-refractivity contribution in [3.63, 3.8) is 0 Å². The van der Waals surface area contributed by atoms with Crippen molar-refractivity contribution in [3.8, 4) is 0 Å². The monoisotopic (exact) mass is 218 g/mol. The Morgan fingerprint density at radius 1 is 0.933 bits per heavy atom. The first kappa shape index (κ1) is 10.4. The maximum absolute atomic E-state index is 13.8. The van der Waals surface area contributed by atoms with Crippen molar-refractivity contribution in [2.24, 2.45) is 0 Å². The molecular weight excluding hydrogens is 203 g/mol. The fraction of sp³-hybridized carbons (Fsp3) is 0.231. The molecule has 78 valence electrons. The second kappa shape index (κ2) is 3.45. The number of halogens is 1. The Balaban J connectivity index is 2.86. The minimum absolute atomic E-state index is 0.0921. The number of benzene rings is 2. The van der Waals surface area contributed by atoms with Crippen molar-refractivity contribution < 1.29 is 4.39 Å². The largest absolute Gasteiger partial charge is 0.206 e. The Hall–Kier alpha value is -1.15. The summed E-state index contributed by atoms with van der Waals surface area (Å²) >= 11 is 0. The summed E-state index contributed by atoms with van der Waals surface area (Å²) in [6.45, 7) is 6.73. The van der Waals surface area contributed by atoms with E-state index in [4.69, 9.17) is 0 Å². The molecule has 2 rings (SSSR count). The van der Waals surface area contributed by atoms with Crippen molar-refractivity contribution in [2.75, 3.05) is 0 Å². The summed E-state index contributed by atoms with van der Waals surface area (Å²) < 4.78 is 13.8.